The van der Waals surface area contributed by atoms with Crippen LogP contribution < -0.4 is 10.1 Å². The van der Waals surface area contributed by atoms with Crippen LogP contribution in [0.15, 0.2) is 30.3 Å². The van der Waals surface area contributed by atoms with Gasteiger partial charge in [-0.3, -0.25) is 9.89 Å². The molecule has 128 valence electrons. The summed E-state index contributed by atoms with van der Waals surface area (Å²) < 4.78 is 45.8. The van der Waals surface area contributed by atoms with Gasteiger partial charge in [0.2, 0.25) is 5.91 Å². The van der Waals surface area contributed by atoms with Gasteiger partial charge in [-0.05, 0) is 19.1 Å². The zero-order valence-corrected chi connectivity index (χ0v) is 12.5. The summed E-state index contributed by atoms with van der Waals surface area (Å²) in [5.74, 6) is -0.782. The first-order valence-electron chi connectivity index (χ1n) is 7.12. The maximum absolute atomic E-state index is 13.4. The van der Waals surface area contributed by atoms with Crippen LogP contribution in [0.5, 0.6) is 5.75 Å². The molecular weight excluding hydrogens is 327 g/mol. The number of hydrogen-bond donors (Lipinski definition) is 3. The van der Waals surface area contributed by atoms with Crippen LogP contribution in [-0.4, -0.2) is 27.4 Å². The van der Waals surface area contributed by atoms with Gasteiger partial charge in [-0.25, -0.2) is 0 Å². The van der Waals surface area contributed by atoms with Crippen molar-refractivity contribution in [2.24, 2.45) is 0 Å². The van der Waals surface area contributed by atoms with Crippen molar-refractivity contribution in [2.75, 3.05) is 5.32 Å². The van der Waals surface area contributed by atoms with Crippen molar-refractivity contribution in [1.82, 2.24) is 10.2 Å². The topological polar surface area (TPSA) is 87.2 Å². The third-order valence-corrected chi connectivity index (χ3v) is 3.80. The number of rotatable bonds is 3. The number of benzene rings is 1. The number of aromatic nitrogens is 2. The van der Waals surface area contributed by atoms with E-state index in [0.717, 1.165) is 0 Å². The van der Waals surface area contributed by atoms with Gasteiger partial charge in [-0.1, -0.05) is 18.2 Å². The molecule has 2 heterocycles. The molecule has 9 heteroatoms. The van der Waals surface area contributed by atoms with E-state index in [0.29, 0.717) is 5.75 Å². The lowest BCUT2D eigenvalue weighted by atomic mass is 9.85. The molecule has 0 radical (unpaired) electrons. The van der Waals surface area contributed by atoms with Crippen LogP contribution in [0.1, 0.15) is 30.7 Å². The zero-order chi connectivity index (χ0) is 17.5. The third-order valence-electron chi connectivity index (χ3n) is 3.80. The van der Waals surface area contributed by atoms with Crippen LogP contribution >= 0.6 is 0 Å². The first-order valence-corrected chi connectivity index (χ1v) is 7.12. The monoisotopic (exact) mass is 341 g/mol. The predicted molar refractivity (Wildman–Crippen MR) is 77.3 cm³/mol. The van der Waals surface area contributed by atoms with Crippen molar-refractivity contribution in [3.8, 4) is 5.75 Å². The maximum atomic E-state index is 13.4. The van der Waals surface area contributed by atoms with Crippen molar-refractivity contribution in [1.29, 1.82) is 0 Å². The van der Waals surface area contributed by atoms with Crippen LogP contribution in [0.3, 0.4) is 0 Å². The molecule has 1 aromatic heterocycles. The molecule has 0 bridgehead atoms. The molecule has 0 fully saturated rings. The Morgan fingerprint density at radius 3 is 2.62 bits per heavy atom. The summed E-state index contributed by atoms with van der Waals surface area (Å²) in [6, 6.07) is 8.50. The number of halogens is 3. The Bertz CT molecular complexity index is 760. The third kappa shape index (κ3) is 2.60. The van der Waals surface area contributed by atoms with Crippen molar-refractivity contribution in [3.63, 3.8) is 0 Å². The number of fused-ring (bicyclic) bond motifs is 1. The minimum Gasteiger partial charge on any atom is -0.484 e. The largest absolute Gasteiger partial charge is 0.484 e. The number of hydrogen-bond acceptors (Lipinski definition) is 4. The second kappa shape index (κ2) is 5.52. The number of alkyl halides is 3. The fourth-order valence-corrected chi connectivity index (χ4v) is 2.66. The molecule has 1 aromatic carbocycles. The molecule has 2 unspecified atom stereocenters. The van der Waals surface area contributed by atoms with Crippen LogP contribution in [0.25, 0.3) is 0 Å². The van der Waals surface area contributed by atoms with Gasteiger partial charge < -0.3 is 15.2 Å². The van der Waals surface area contributed by atoms with Crippen molar-refractivity contribution < 1.29 is 27.8 Å². The van der Waals surface area contributed by atoms with Crippen LogP contribution in [-0.2, 0) is 10.4 Å². The summed E-state index contributed by atoms with van der Waals surface area (Å²) >= 11 is 0. The molecule has 0 saturated carbocycles. The number of aliphatic hydroxyl groups is 1. The minimum atomic E-state index is -5.04. The molecule has 0 spiro atoms. The molecule has 3 N–H and O–H groups in total. The first kappa shape index (κ1) is 16.3. The molecule has 1 aliphatic rings. The lowest BCUT2D eigenvalue weighted by molar-refractivity contribution is -0.267. The quantitative estimate of drug-likeness (QED) is 0.801. The highest BCUT2D eigenvalue weighted by Gasteiger charge is 2.61. The fourth-order valence-electron chi connectivity index (χ4n) is 2.66. The molecule has 2 atom stereocenters. The lowest BCUT2D eigenvalue weighted by Crippen LogP contribution is -2.48. The van der Waals surface area contributed by atoms with Crippen molar-refractivity contribution >= 4 is 11.7 Å². The van der Waals surface area contributed by atoms with Gasteiger partial charge in [0.25, 0.3) is 0 Å². The van der Waals surface area contributed by atoms with Gasteiger partial charge in [-0.15, -0.1) is 0 Å². The average Bonchev–Trinajstić information content (AvgIpc) is 2.91. The Morgan fingerprint density at radius 2 is 2.00 bits per heavy atom. The molecular formula is C15H14F3N3O3. The summed E-state index contributed by atoms with van der Waals surface area (Å²) in [6.07, 6.45) is -7.05. The molecule has 0 aliphatic carbocycles. The number of carbonyl (C=O) groups is 1. The van der Waals surface area contributed by atoms with E-state index in [1.54, 1.807) is 30.3 Å². The summed E-state index contributed by atoms with van der Waals surface area (Å²) in [4.78, 5) is 11.5. The normalized spacial score (nSPS) is 21.8. The molecule has 1 aliphatic heterocycles. The number of anilines is 1. The second-order valence-corrected chi connectivity index (χ2v) is 5.51. The number of amides is 1. The number of H-pyrrole nitrogens is 1. The van der Waals surface area contributed by atoms with Gasteiger partial charge in [0, 0.05) is 0 Å². The van der Waals surface area contributed by atoms with E-state index in [1.165, 1.54) is 6.92 Å². The van der Waals surface area contributed by atoms with Crippen LogP contribution in [0.2, 0.25) is 0 Å². The SMILES string of the molecule is CC(Oc1ccccc1)c1n[nH]c2c1C(O)(C(F)(F)F)CC(=O)N2. The van der Waals surface area contributed by atoms with Crippen molar-refractivity contribution in [2.45, 2.75) is 31.2 Å². The highest BCUT2D eigenvalue weighted by Crippen LogP contribution is 2.48. The maximum Gasteiger partial charge on any atom is 0.422 e. The number of ether oxygens (including phenoxy) is 1. The number of para-hydroxylation sites is 1. The zero-order valence-electron chi connectivity index (χ0n) is 12.5. The van der Waals surface area contributed by atoms with E-state index >= 15 is 0 Å². The Hall–Kier alpha value is -2.55. The predicted octanol–water partition coefficient (Wildman–Crippen LogP) is 2.64. The average molecular weight is 341 g/mol. The van der Waals surface area contributed by atoms with Gasteiger partial charge in [-0.2, -0.15) is 18.3 Å². The van der Waals surface area contributed by atoms with Gasteiger partial charge >= 0.3 is 6.18 Å². The number of nitrogens with one attached hydrogen (secondary N) is 2. The molecule has 3 rings (SSSR count). The number of nitrogens with zero attached hydrogens (tertiary/aromatic N) is 1. The Labute approximate surface area is 134 Å². The molecule has 1 amide bonds. The highest BCUT2D eigenvalue weighted by atomic mass is 19.4. The van der Waals surface area contributed by atoms with Gasteiger partial charge in [0.05, 0.1) is 12.0 Å². The van der Waals surface area contributed by atoms with Gasteiger partial charge in [0.1, 0.15) is 23.4 Å². The van der Waals surface area contributed by atoms with E-state index < -0.39 is 35.8 Å². The highest BCUT2D eigenvalue weighted by molar-refractivity contribution is 5.94. The Morgan fingerprint density at radius 1 is 1.33 bits per heavy atom. The molecule has 6 nitrogen and oxygen atoms in total. The smallest absolute Gasteiger partial charge is 0.422 e. The van der Waals surface area contributed by atoms with Crippen LogP contribution in [0.4, 0.5) is 19.0 Å². The van der Waals surface area contributed by atoms with E-state index in [2.05, 4.69) is 15.5 Å². The molecule has 2 aromatic rings. The number of aromatic amines is 1. The second-order valence-electron chi connectivity index (χ2n) is 5.51. The molecule has 24 heavy (non-hydrogen) atoms. The lowest BCUT2D eigenvalue weighted by Gasteiger charge is -2.34. The number of carbonyl (C=O) groups excluding carboxylic acids is 1. The minimum absolute atomic E-state index is 0.117. The summed E-state index contributed by atoms with van der Waals surface area (Å²) in [6.45, 7) is 1.51. The Kier molecular flexibility index (Phi) is 3.75. The first-order chi connectivity index (χ1) is 11.2. The van der Waals surface area contributed by atoms with E-state index in [1.807, 2.05) is 0 Å². The fraction of sp³-hybridized carbons (Fsp3) is 0.333. The Balaban J connectivity index is 2.02. The summed E-state index contributed by atoms with van der Waals surface area (Å²) in [7, 11) is 0. The molecule has 0 saturated heterocycles. The summed E-state index contributed by atoms with van der Waals surface area (Å²) in [5, 5.41) is 18.6. The standard InChI is InChI=1S/C15H14F3N3O3/c1-8(24-9-5-3-2-4-6-9)12-11-13(21-20-12)19-10(22)7-14(11,23)15(16,17)18/h2-6,8,23H,7H2,1H3,(H2,19,20,21,22). The van der Waals surface area contributed by atoms with Crippen molar-refractivity contribution in [3.05, 3.63) is 41.6 Å². The van der Waals surface area contributed by atoms with E-state index in [4.69, 9.17) is 4.74 Å². The van der Waals surface area contributed by atoms with E-state index in [-0.39, 0.29) is 11.5 Å². The van der Waals surface area contributed by atoms with Gasteiger partial charge in [0.15, 0.2) is 5.60 Å². The van der Waals surface area contributed by atoms with E-state index in [9.17, 15) is 23.1 Å². The van der Waals surface area contributed by atoms with Crippen LogP contribution in [0, 0.1) is 0 Å². The summed E-state index contributed by atoms with van der Waals surface area (Å²) in [5.41, 5.74) is -3.95.